The van der Waals surface area contributed by atoms with E-state index in [4.69, 9.17) is 9.26 Å². The molecule has 0 unspecified atom stereocenters. The molecule has 2 amide bonds. The lowest BCUT2D eigenvalue weighted by Gasteiger charge is -2.28. The van der Waals surface area contributed by atoms with Gasteiger partial charge in [-0.1, -0.05) is 28.6 Å². The third kappa shape index (κ3) is 4.25. The number of hydrogen-bond donors (Lipinski definition) is 0. The number of fused-ring (bicyclic) bond motifs is 1. The van der Waals surface area contributed by atoms with Gasteiger partial charge in [0.15, 0.2) is 5.76 Å². The molecule has 3 aromatic rings. The number of carbonyl (C=O) groups excluding carboxylic acids is 2. The monoisotopic (exact) mass is 461 g/mol. The van der Waals surface area contributed by atoms with E-state index in [9.17, 15) is 9.59 Å². The van der Waals surface area contributed by atoms with Crippen LogP contribution in [0.2, 0.25) is 0 Å². The summed E-state index contributed by atoms with van der Waals surface area (Å²) in [6.45, 7) is 5.49. The van der Waals surface area contributed by atoms with Crippen molar-refractivity contribution in [1.82, 2.24) is 25.1 Å². The molecule has 2 aliphatic rings. The molecular formula is C25H27N5O4. The first-order valence-corrected chi connectivity index (χ1v) is 11.6. The molecule has 5 rings (SSSR count). The zero-order valence-electron chi connectivity index (χ0n) is 19.6. The molecule has 0 bridgehead atoms. The standard InChI is InChI=1S/C25H27N5O4/c1-25(2,3)33-24(32)29-14-13-20-21(23(29)31)22(27-34-20)17-9-11-18(12-10-17)30-15-19(26-28-30)16-7-5-4-6-8-16/h7,9-12,15H,4-6,8,13-14H2,1-3H3. The molecule has 0 spiro atoms. The van der Waals surface area contributed by atoms with E-state index in [0.29, 0.717) is 29.0 Å². The second kappa shape index (κ2) is 8.55. The summed E-state index contributed by atoms with van der Waals surface area (Å²) in [5.41, 5.74) is 3.73. The highest BCUT2D eigenvalue weighted by molar-refractivity contribution is 6.08. The third-order valence-corrected chi connectivity index (χ3v) is 5.92. The third-order valence-electron chi connectivity index (χ3n) is 5.92. The van der Waals surface area contributed by atoms with E-state index < -0.39 is 17.6 Å². The van der Waals surface area contributed by atoms with E-state index in [0.717, 1.165) is 29.1 Å². The first-order chi connectivity index (χ1) is 16.3. The van der Waals surface area contributed by atoms with Crippen molar-refractivity contribution in [3.05, 3.63) is 53.6 Å². The van der Waals surface area contributed by atoms with Crippen molar-refractivity contribution < 1.29 is 18.8 Å². The Morgan fingerprint density at radius 1 is 1.12 bits per heavy atom. The van der Waals surface area contributed by atoms with Crippen LogP contribution < -0.4 is 0 Å². The molecule has 0 radical (unpaired) electrons. The van der Waals surface area contributed by atoms with Gasteiger partial charge in [-0.15, -0.1) is 5.10 Å². The molecule has 1 aromatic carbocycles. The van der Waals surface area contributed by atoms with Gasteiger partial charge >= 0.3 is 6.09 Å². The molecule has 3 heterocycles. The smallest absolute Gasteiger partial charge is 0.417 e. The Hall–Kier alpha value is -3.75. The molecule has 0 N–H and O–H groups in total. The predicted octanol–water partition coefficient (Wildman–Crippen LogP) is 4.81. The van der Waals surface area contributed by atoms with Crippen LogP contribution in [0.15, 0.2) is 41.1 Å². The molecule has 2 aromatic heterocycles. The van der Waals surface area contributed by atoms with Crippen molar-refractivity contribution >= 4 is 17.6 Å². The predicted molar refractivity (Wildman–Crippen MR) is 124 cm³/mol. The number of amides is 2. The number of aromatic nitrogens is 4. The van der Waals surface area contributed by atoms with Gasteiger partial charge in [-0.05, 0) is 64.2 Å². The second-order valence-corrected chi connectivity index (χ2v) is 9.59. The van der Waals surface area contributed by atoms with Gasteiger partial charge in [-0.25, -0.2) is 14.4 Å². The van der Waals surface area contributed by atoms with E-state index in [1.807, 2.05) is 30.5 Å². The van der Waals surface area contributed by atoms with Gasteiger partial charge in [-0.3, -0.25) is 4.79 Å². The van der Waals surface area contributed by atoms with Crippen LogP contribution in [0.3, 0.4) is 0 Å². The van der Waals surface area contributed by atoms with Gasteiger partial charge in [0.2, 0.25) is 0 Å². The maximum Gasteiger partial charge on any atom is 0.417 e. The van der Waals surface area contributed by atoms with Crippen molar-refractivity contribution in [3.63, 3.8) is 0 Å². The number of nitrogens with zero attached hydrogens (tertiary/aromatic N) is 5. The lowest BCUT2D eigenvalue weighted by molar-refractivity contribution is 0.0229. The van der Waals surface area contributed by atoms with Crippen LogP contribution in [0, 0.1) is 0 Å². The summed E-state index contributed by atoms with van der Waals surface area (Å²) >= 11 is 0. The fourth-order valence-corrected chi connectivity index (χ4v) is 4.23. The topological polar surface area (TPSA) is 103 Å². The molecule has 9 nitrogen and oxygen atoms in total. The second-order valence-electron chi connectivity index (χ2n) is 9.59. The highest BCUT2D eigenvalue weighted by atomic mass is 16.6. The van der Waals surface area contributed by atoms with Crippen molar-refractivity contribution in [3.8, 4) is 16.9 Å². The van der Waals surface area contributed by atoms with E-state index in [1.165, 1.54) is 18.4 Å². The Balaban J connectivity index is 1.38. The quantitative estimate of drug-likeness (QED) is 0.551. The number of imide groups is 1. The molecule has 1 aliphatic heterocycles. The van der Waals surface area contributed by atoms with Crippen LogP contribution in [0.1, 0.15) is 68.3 Å². The summed E-state index contributed by atoms with van der Waals surface area (Å²) in [7, 11) is 0. The zero-order chi connectivity index (χ0) is 23.9. The van der Waals surface area contributed by atoms with Gasteiger partial charge in [-0.2, -0.15) is 0 Å². The maximum atomic E-state index is 13.1. The minimum absolute atomic E-state index is 0.194. The van der Waals surface area contributed by atoms with Crippen molar-refractivity contribution in [2.75, 3.05) is 6.54 Å². The SMILES string of the molecule is CC(C)(C)OC(=O)N1CCc2onc(-c3ccc(-n4cc(C5=CCCCC5)nn4)cc3)c2C1=O. The normalized spacial score (nSPS) is 16.3. The highest BCUT2D eigenvalue weighted by Crippen LogP contribution is 2.31. The number of ether oxygens (including phenoxy) is 1. The van der Waals surface area contributed by atoms with Gasteiger partial charge in [0.25, 0.3) is 5.91 Å². The molecular weight excluding hydrogens is 434 g/mol. The van der Waals surface area contributed by atoms with Gasteiger partial charge in [0.1, 0.15) is 22.6 Å². The van der Waals surface area contributed by atoms with Crippen LogP contribution in [-0.4, -0.2) is 49.2 Å². The van der Waals surface area contributed by atoms with E-state index in [1.54, 1.807) is 25.5 Å². The Labute approximate surface area is 197 Å². The average Bonchev–Trinajstić information content (AvgIpc) is 3.47. The van der Waals surface area contributed by atoms with Gasteiger partial charge in [0.05, 0.1) is 11.9 Å². The van der Waals surface area contributed by atoms with Crippen molar-refractivity contribution in [2.45, 2.75) is 58.5 Å². The largest absolute Gasteiger partial charge is 0.443 e. The Morgan fingerprint density at radius 3 is 2.62 bits per heavy atom. The van der Waals surface area contributed by atoms with E-state index >= 15 is 0 Å². The summed E-state index contributed by atoms with van der Waals surface area (Å²) in [6, 6.07) is 7.49. The molecule has 34 heavy (non-hydrogen) atoms. The summed E-state index contributed by atoms with van der Waals surface area (Å²) in [4.78, 5) is 26.8. The fourth-order valence-electron chi connectivity index (χ4n) is 4.23. The number of allylic oxidation sites excluding steroid dienone is 2. The average molecular weight is 462 g/mol. The van der Waals surface area contributed by atoms with E-state index in [2.05, 4.69) is 21.5 Å². The van der Waals surface area contributed by atoms with Crippen molar-refractivity contribution in [2.24, 2.45) is 0 Å². The number of rotatable bonds is 3. The van der Waals surface area contributed by atoms with Gasteiger partial charge < -0.3 is 9.26 Å². The number of hydrogen-bond acceptors (Lipinski definition) is 7. The lowest BCUT2D eigenvalue weighted by Crippen LogP contribution is -2.44. The summed E-state index contributed by atoms with van der Waals surface area (Å²) in [5, 5.41) is 12.7. The molecule has 0 saturated heterocycles. The molecule has 1 aliphatic carbocycles. The summed E-state index contributed by atoms with van der Waals surface area (Å²) < 4.78 is 12.6. The molecule has 0 fully saturated rings. The number of carbonyl (C=O) groups is 2. The lowest BCUT2D eigenvalue weighted by atomic mass is 9.98. The first-order valence-electron chi connectivity index (χ1n) is 11.6. The Morgan fingerprint density at radius 2 is 1.91 bits per heavy atom. The van der Waals surface area contributed by atoms with E-state index in [-0.39, 0.29) is 6.54 Å². The van der Waals surface area contributed by atoms with Crippen LogP contribution in [0.25, 0.3) is 22.5 Å². The Bertz CT molecular complexity index is 1260. The van der Waals surface area contributed by atoms with Crippen LogP contribution in [0.5, 0.6) is 0 Å². The molecule has 9 heteroatoms. The highest BCUT2D eigenvalue weighted by Gasteiger charge is 2.37. The van der Waals surface area contributed by atoms with Gasteiger partial charge in [0, 0.05) is 18.5 Å². The zero-order valence-corrected chi connectivity index (χ0v) is 19.6. The van der Waals surface area contributed by atoms with Crippen LogP contribution in [-0.2, 0) is 11.2 Å². The van der Waals surface area contributed by atoms with Crippen LogP contribution in [0.4, 0.5) is 4.79 Å². The summed E-state index contributed by atoms with van der Waals surface area (Å²) in [5.74, 6) is 0.0167. The number of benzene rings is 1. The minimum atomic E-state index is -0.695. The first kappa shape index (κ1) is 22.1. The minimum Gasteiger partial charge on any atom is -0.443 e. The molecule has 176 valence electrons. The van der Waals surface area contributed by atoms with Crippen LogP contribution >= 0.6 is 0 Å². The maximum absolute atomic E-state index is 13.1. The fraction of sp³-hybridized carbons (Fsp3) is 0.400. The van der Waals surface area contributed by atoms with Crippen molar-refractivity contribution in [1.29, 1.82) is 0 Å². The molecule has 0 atom stereocenters. The summed E-state index contributed by atoms with van der Waals surface area (Å²) in [6.07, 6.45) is 8.43. The molecule has 0 saturated carbocycles. The Kier molecular flexibility index (Phi) is 5.55.